The molecule has 1 saturated heterocycles. The molecule has 1 N–H and O–H groups in total. The van der Waals surface area contributed by atoms with Crippen molar-refractivity contribution in [3.05, 3.63) is 28.8 Å². The smallest absolute Gasteiger partial charge is 0.325 e. The van der Waals surface area contributed by atoms with Gasteiger partial charge in [0, 0.05) is 13.1 Å². The van der Waals surface area contributed by atoms with Crippen molar-refractivity contribution in [3.8, 4) is 5.75 Å². The maximum Gasteiger partial charge on any atom is 0.325 e. The van der Waals surface area contributed by atoms with Crippen LogP contribution in [0.4, 0.5) is 0 Å². The van der Waals surface area contributed by atoms with E-state index >= 15 is 0 Å². The number of hydrogen-bond acceptors (Lipinski definition) is 3. The van der Waals surface area contributed by atoms with Gasteiger partial charge in [-0.15, -0.1) is 0 Å². The van der Waals surface area contributed by atoms with Gasteiger partial charge in [0.15, 0.2) is 0 Å². The molecule has 4 nitrogen and oxygen atoms in total. The molecule has 1 atom stereocenters. The number of ether oxygens (including phenoxy) is 1. The van der Waals surface area contributed by atoms with Gasteiger partial charge in [-0.2, -0.15) is 0 Å². The highest BCUT2D eigenvalue weighted by atomic mass is 16.5. The van der Waals surface area contributed by atoms with E-state index in [0.29, 0.717) is 0 Å². The maximum absolute atomic E-state index is 11.4. The molecule has 1 unspecified atom stereocenters. The van der Waals surface area contributed by atoms with Crippen LogP contribution in [0.1, 0.15) is 29.2 Å². The van der Waals surface area contributed by atoms with Gasteiger partial charge in [-0.25, -0.2) is 0 Å². The van der Waals surface area contributed by atoms with Crippen molar-refractivity contribution in [1.29, 1.82) is 0 Å². The molecular formula is C14H19NO3. The number of carboxylic acids is 1. The van der Waals surface area contributed by atoms with Crippen LogP contribution in [0.2, 0.25) is 0 Å². The number of carbonyl (C=O) groups is 1. The minimum Gasteiger partial charge on any atom is -0.496 e. The van der Waals surface area contributed by atoms with Crippen LogP contribution in [-0.4, -0.2) is 36.2 Å². The summed E-state index contributed by atoms with van der Waals surface area (Å²) in [5.41, 5.74) is 2.82. The maximum atomic E-state index is 11.4. The lowest BCUT2D eigenvalue weighted by atomic mass is 9.97. The van der Waals surface area contributed by atoms with Crippen molar-refractivity contribution in [1.82, 2.24) is 4.90 Å². The molecule has 0 saturated carbocycles. The monoisotopic (exact) mass is 249 g/mol. The number of aliphatic carboxylic acids is 1. The van der Waals surface area contributed by atoms with Crippen molar-refractivity contribution >= 4 is 5.97 Å². The number of rotatable bonds is 4. The van der Waals surface area contributed by atoms with Crippen molar-refractivity contribution in [2.75, 3.05) is 20.2 Å². The SMILES string of the molecule is COc1c(C)cc(C(C(=O)O)N2CCC2)cc1C. The van der Waals surface area contributed by atoms with Gasteiger partial charge in [-0.1, -0.05) is 12.1 Å². The number of benzene rings is 1. The minimum atomic E-state index is -0.779. The third-order valence-electron chi connectivity index (χ3n) is 3.49. The Bertz CT molecular complexity index is 443. The van der Waals surface area contributed by atoms with Crippen molar-refractivity contribution < 1.29 is 14.6 Å². The first kappa shape index (κ1) is 12.9. The number of carboxylic acid groups (broad SMARTS) is 1. The standard InChI is InChI=1S/C14H19NO3/c1-9-7-11(8-10(2)13(9)18-3)12(14(16)17)15-5-4-6-15/h7-8,12H,4-6H2,1-3H3,(H,16,17). The summed E-state index contributed by atoms with van der Waals surface area (Å²) in [7, 11) is 1.64. The zero-order chi connectivity index (χ0) is 13.3. The molecular weight excluding hydrogens is 230 g/mol. The summed E-state index contributed by atoms with van der Waals surface area (Å²) in [4.78, 5) is 13.4. The fourth-order valence-electron chi connectivity index (χ4n) is 2.57. The molecule has 1 aromatic rings. The summed E-state index contributed by atoms with van der Waals surface area (Å²) >= 11 is 0. The number of methoxy groups -OCH3 is 1. The molecule has 18 heavy (non-hydrogen) atoms. The van der Waals surface area contributed by atoms with E-state index in [2.05, 4.69) is 0 Å². The average molecular weight is 249 g/mol. The number of likely N-dealkylation sites (tertiary alicyclic amines) is 1. The predicted molar refractivity (Wildman–Crippen MR) is 69.0 cm³/mol. The van der Waals surface area contributed by atoms with Gasteiger partial charge in [-0.05, 0) is 37.0 Å². The van der Waals surface area contributed by atoms with Gasteiger partial charge >= 0.3 is 5.97 Å². The Morgan fingerprint density at radius 2 is 1.89 bits per heavy atom. The van der Waals surface area contributed by atoms with E-state index in [1.165, 1.54) is 0 Å². The Morgan fingerprint density at radius 3 is 2.22 bits per heavy atom. The molecule has 1 heterocycles. The third-order valence-corrected chi connectivity index (χ3v) is 3.49. The zero-order valence-electron chi connectivity index (χ0n) is 11.1. The third kappa shape index (κ3) is 2.20. The van der Waals surface area contributed by atoms with Crippen LogP contribution in [0.5, 0.6) is 5.75 Å². The molecule has 0 bridgehead atoms. The first-order valence-corrected chi connectivity index (χ1v) is 6.16. The lowest BCUT2D eigenvalue weighted by Crippen LogP contribution is -2.43. The normalized spacial score (nSPS) is 17.1. The molecule has 98 valence electrons. The average Bonchev–Trinajstić information content (AvgIpc) is 2.22. The molecule has 1 aliphatic heterocycles. The van der Waals surface area contributed by atoms with Crippen LogP contribution in [0, 0.1) is 13.8 Å². The van der Waals surface area contributed by atoms with Gasteiger partial charge in [0.25, 0.3) is 0 Å². The topological polar surface area (TPSA) is 49.8 Å². The summed E-state index contributed by atoms with van der Waals surface area (Å²) < 4.78 is 5.31. The molecule has 0 amide bonds. The Kier molecular flexibility index (Phi) is 3.57. The largest absolute Gasteiger partial charge is 0.496 e. The Labute approximate surface area is 107 Å². The second-order valence-electron chi connectivity index (χ2n) is 4.82. The summed E-state index contributed by atoms with van der Waals surface area (Å²) in [6, 6.07) is 3.31. The molecule has 2 rings (SSSR count). The van der Waals surface area contributed by atoms with E-state index in [-0.39, 0.29) is 0 Å². The lowest BCUT2D eigenvalue weighted by Gasteiger charge is -2.36. The Hall–Kier alpha value is -1.55. The molecule has 0 aromatic heterocycles. The van der Waals surface area contributed by atoms with Gasteiger partial charge < -0.3 is 9.84 Å². The van der Waals surface area contributed by atoms with E-state index in [4.69, 9.17) is 4.74 Å². The van der Waals surface area contributed by atoms with Crippen LogP contribution in [0.3, 0.4) is 0 Å². The first-order chi connectivity index (χ1) is 8.54. The van der Waals surface area contributed by atoms with Gasteiger partial charge in [0.05, 0.1) is 7.11 Å². The molecule has 4 heteroatoms. The van der Waals surface area contributed by atoms with E-state index in [9.17, 15) is 9.90 Å². The van der Waals surface area contributed by atoms with Gasteiger partial charge in [0.1, 0.15) is 11.8 Å². The van der Waals surface area contributed by atoms with Gasteiger partial charge in [-0.3, -0.25) is 9.69 Å². The van der Waals surface area contributed by atoms with Crippen LogP contribution in [0.25, 0.3) is 0 Å². The second kappa shape index (κ2) is 4.98. The molecule has 0 aliphatic carbocycles. The summed E-state index contributed by atoms with van der Waals surface area (Å²) in [5.74, 6) is 0.0603. The fraction of sp³-hybridized carbons (Fsp3) is 0.500. The lowest BCUT2D eigenvalue weighted by molar-refractivity contribution is -0.145. The van der Waals surface area contributed by atoms with Crippen molar-refractivity contribution in [3.63, 3.8) is 0 Å². The zero-order valence-corrected chi connectivity index (χ0v) is 11.1. The highest BCUT2D eigenvalue weighted by Crippen LogP contribution is 2.31. The molecule has 1 fully saturated rings. The Balaban J connectivity index is 2.39. The van der Waals surface area contributed by atoms with Crippen molar-refractivity contribution in [2.45, 2.75) is 26.3 Å². The molecule has 1 aromatic carbocycles. The summed E-state index contributed by atoms with van der Waals surface area (Å²) in [6.07, 6.45) is 1.08. The van der Waals surface area contributed by atoms with Crippen LogP contribution in [-0.2, 0) is 4.79 Å². The van der Waals surface area contributed by atoms with Crippen LogP contribution < -0.4 is 4.74 Å². The Morgan fingerprint density at radius 1 is 1.33 bits per heavy atom. The number of aryl methyl sites for hydroxylation is 2. The predicted octanol–water partition coefficient (Wildman–Crippen LogP) is 2.14. The van der Waals surface area contributed by atoms with Crippen molar-refractivity contribution in [2.24, 2.45) is 0 Å². The highest BCUT2D eigenvalue weighted by molar-refractivity contribution is 5.76. The molecule has 0 radical (unpaired) electrons. The van der Waals surface area contributed by atoms with Crippen LogP contribution in [0.15, 0.2) is 12.1 Å². The fourth-order valence-corrected chi connectivity index (χ4v) is 2.57. The van der Waals surface area contributed by atoms with E-state index in [0.717, 1.165) is 42.0 Å². The molecule has 0 spiro atoms. The van der Waals surface area contributed by atoms with E-state index in [1.54, 1.807) is 7.11 Å². The number of hydrogen-bond donors (Lipinski definition) is 1. The van der Waals surface area contributed by atoms with Gasteiger partial charge in [0.2, 0.25) is 0 Å². The van der Waals surface area contributed by atoms with Crippen LogP contribution >= 0.6 is 0 Å². The summed E-state index contributed by atoms with van der Waals surface area (Å²) in [5, 5.41) is 9.40. The highest BCUT2D eigenvalue weighted by Gasteiger charge is 2.31. The molecule has 1 aliphatic rings. The summed E-state index contributed by atoms with van der Waals surface area (Å²) in [6.45, 7) is 5.62. The first-order valence-electron chi connectivity index (χ1n) is 6.16. The van der Waals surface area contributed by atoms with E-state index in [1.807, 2.05) is 30.9 Å². The van der Waals surface area contributed by atoms with E-state index < -0.39 is 12.0 Å². The minimum absolute atomic E-state index is 0.526. The number of nitrogens with zero attached hydrogens (tertiary/aromatic N) is 1. The quantitative estimate of drug-likeness (QED) is 0.888. The second-order valence-corrected chi connectivity index (χ2v) is 4.82.